The number of hydrogen-bond donors (Lipinski definition) is 0. The lowest BCUT2D eigenvalue weighted by molar-refractivity contribution is -0.141. The normalized spacial score (nSPS) is 10.7. The second-order valence-electron chi connectivity index (χ2n) is 5.45. The van der Waals surface area contributed by atoms with Crippen LogP contribution in [0.2, 0.25) is 0 Å². The number of hydrogen-bond acceptors (Lipinski definition) is 3. The topological polar surface area (TPSA) is 40.5 Å². The molecule has 0 aliphatic rings. The van der Waals surface area contributed by atoms with Crippen LogP contribution in [-0.2, 0) is 16.1 Å². The fourth-order valence-corrected chi connectivity index (χ4v) is 2.76. The van der Waals surface area contributed by atoms with E-state index in [0.29, 0.717) is 0 Å². The van der Waals surface area contributed by atoms with Gasteiger partial charge < -0.3 is 14.0 Å². The van der Waals surface area contributed by atoms with Crippen molar-refractivity contribution in [1.29, 1.82) is 0 Å². The van der Waals surface area contributed by atoms with Gasteiger partial charge in [0.05, 0.1) is 14.2 Å². The fourth-order valence-electron chi connectivity index (χ4n) is 2.76. The Morgan fingerprint density at radius 3 is 2.35 bits per heavy atom. The van der Waals surface area contributed by atoms with Crippen molar-refractivity contribution in [3.8, 4) is 16.9 Å². The molecule has 0 aliphatic heterocycles. The van der Waals surface area contributed by atoms with Crippen LogP contribution in [-0.4, -0.2) is 24.8 Å². The molecule has 0 amide bonds. The minimum absolute atomic E-state index is 0.220. The van der Waals surface area contributed by atoms with Crippen LogP contribution < -0.4 is 4.74 Å². The molecule has 23 heavy (non-hydrogen) atoms. The van der Waals surface area contributed by atoms with Crippen LogP contribution in [0.4, 0.5) is 0 Å². The Morgan fingerprint density at radius 2 is 1.70 bits per heavy atom. The monoisotopic (exact) mass is 309 g/mol. The minimum Gasteiger partial charge on any atom is -0.497 e. The number of aryl methyl sites for hydroxylation is 1. The van der Waals surface area contributed by atoms with Gasteiger partial charge in [-0.15, -0.1) is 0 Å². The van der Waals surface area contributed by atoms with Crippen molar-refractivity contribution in [2.75, 3.05) is 14.2 Å². The summed E-state index contributed by atoms with van der Waals surface area (Å²) in [6, 6.07) is 16.3. The van der Waals surface area contributed by atoms with Gasteiger partial charge >= 0.3 is 5.97 Å². The molecule has 0 unspecified atom stereocenters. The van der Waals surface area contributed by atoms with Crippen molar-refractivity contribution in [2.24, 2.45) is 0 Å². The quantitative estimate of drug-likeness (QED) is 0.688. The average Bonchev–Trinajstić information content (AvgIpc) is 2.89. The molecule has 0 saturated heterocycles. The smallest absolute Gasteiger partial charge is 0.325 e. The van der Waals surface area contributed by atoms with E-state index in [0.717, 1.165) is 33.5 Å². The Kier molecular flexibility index (Phi) is 4.06. The van der Waals surface area contributed by atoms with Gasteiger partial charge in [0, 0.05) is 11.2 Å². The van der Waals surface area contributed by atoms with Crippen molar-refractivity contribution in [3.05, 3.63) is 54.2 Å². The summed E-state index contributed by atoms with van der Waals surface area (Å²) in [6.07, 6.45) is 0. The summed E-state index contributed by atoms with van der Waals surface area (Å²) in [5, 5.41) is 1.11. The van der Waals surface area contributed by atoms with Gasteiger partial charge in [-0.1, -0.05) is 24.3 Å². The predicted octanol–water partition coefficient (Wildman–Crippen LogP) is 3.80. The first-order valence-corrected chi connectivity index (χ1v) is 7.43. The van der Waals surface area contributed by atoms with Gasteiger partial charge in [-0.05, 0) is 47.7 Å². The van der Waals surface area contributed by atoms with E-state index in [1.807, 2.05) is 35.8 Å². The third-order valence-corrected chi connectivity index (χ3v) is 4.05. The van der Waals surface area contributed by atoms with Gasteiger partial charge in [-0.25, -0.2) is 0 Å². The van der Waals surface area contributed by atoms with Gasteiger partial charge in [-0.2, -0.15) is 0 Å². The number of methoxy groups -OCH3 is 2. The van der Waals surface area contributed by atoms with Crippen molar-refractivity contribution in [3.63, 3.8) is 0 Å². The number of esters is 1. The molecular formula is C19H19NO3. The van der Waals surface area contributed by atoms with Crippen LogP contribution in [0.5, 0.6) is 5.75 Å². The van der Waals surface area contributed by atoms with Crippen LogP contribution in [0, 0.1) is 6.92 Å². The van der Waals surface area contributed by atoms with Crippen molar-refractivity contribution < 1.29 is 14.3 Å². The van der Waals surface area contributed by atoms with Crippen molar-refractivity contribution in [2.45, 2.75) is 13.5 Å². The lowest BCUT2D eigenvalue weighted by Gasteiger charge is -2.08. The molecule has 3 aromatic rings. The molecule has 0 radical (unpaired) electrons. The van der Waals surface area contributed by atoms with Crippen LogP contribution in [0.15, 0.2) is 48.5 Å². The molecule has 2 aromatic carbocycles. The maximum Gasteiger partial charge on any atom is 0.325 e. The second-order valence-corrected chi connectivity index (χ2v) is 5.45. The highest BCUT2D eigenvalue weighted by molar-refractivity contribution is 5.87. The Morgan fingerprint density at radius 1 is 1.00 bits per heavy atom. The van der Waals surface area contributed by atoms with E-state index >= 15 is 0 Å². The molecule has 4 heteroatoms. The third-order valence-electron chi connectivity index (χ3n) is 4.05. The van der Waals surface area contributed by atoms with Gasteiger partial charge in [0.2, 0.25) is 0 Å². The summed E-state index contributed by atoms with van der Waals surface area (Å²) in [7, 11) is 3.07. The number of ether oxygens (including phenoxy) is 2. The predicted molar refractivity (Wildman–Crippen MR) is 90.7 cm³/mol. The standard InChI is InChI=1S/C19H19NO3/c1-13-10-16-5-4-15(14-6-8-17(22-2)9-7-14)11-18(16)20(13)12-19(21)23-3/h4-11H,12H2,1-3H3. The van der Waals surface area contributed by atoms with Crippen LogP contribution >= 0.6 is 0 Å². The zero-order valence-corrected chi connectivity index (χ0v) is 13.5. The zero-order valence-electron chi connectivity index (χ0n) is 13.5. The van der Waals surface area contributed by atoms with Crippen molar-refractivity contribution in [1.82, 2.24) is 4.57 Å². The van der Waals surface area contributed by atoms with E-state index < -0.39 is 0 Å². The summed E-state index contributed by atoms with van der Waals surface area (Å²) in [4.78, 5) is 11.6. The minimum atomic E-state index is -0.250. The molecule has 118 valence electrons. The summed E-state index contributed by atoms with van der Waals surface area (Å²) in [5.41, 5.74) is 4.28. The highest BCUT2D eigenvalue weighted by Gasteiger charge is 2.11. The Bertz CT molecular complexity index is 847. The van der Waals surface area contributed by atoms with Crippen LogP contribution in [0.25, 0.3) is 22.0 Å². The molecule has 0 atom stereocenters. The highest BCUT2D eigenvalue weighted by Crippen LogP contribution is 2.28. The van der Waals surface area contributed by atoms with Crippen LogP contribution in [0.3, 0.4) is 0 Å². The van der Waals surface area contributed by atoms with Crippen LogP contribution in [0.1, 0.15) is 5.69 Å². The van der Waals surface area contributed by atoms with Gasteiger partial charge in [0.15, 0.2) is 0 Å². The first kappa shape index (κ1) is 15.2. The third kappa shape index (κ3) is 2.93. The number of benzene rings is 2. The first-order valence-electron chi connectivity index (χ1n) is 7.43. The number of carbonyl (C=O) groups is 1. The van der Waals surface area contributed by atoms with E-state index in [9.17, 15) is 4.79 Å². The summed E-state index contributed by atoms with van der Waals surface area (Å²) in [6.45, 7) is 2.22. The van der Waals surface area contributed by atoms with E-state index in [2.05, 4.69) is 24.3 Å². The fraction of sp³-hybridized carbons (Fsp3) is 0.211. The van der Waals surface area contributed by atoms with E-state index in [1.54, 1.807) is 7.11 Å². The maximum atomic E-state index is 11.6. The second kappa shape index (κ2) is 6.16. The Hall–Kier alpha value is -2.75. The number of aromatic nitrogens is 1. The summed E-state index contributed by atoms with van der Waals surface area (Å²) >= 11 is 0. The van der Waals surface area contributed by atoms with E-state index in [4.69, 9.17) is 9.47 Å². The van der Waals surface area contributed by atoms with Gasteiger partial charge in [0.25, 0.3) is 0 Å². The van der Waals surface area contributed by atoms with Crippen molar-refractivity contribution >= 4 is 16.9 Å². The number of rotatable bonds is 4. The SMILES string of the molecule is COC(=O)Cn1c(C)cc2ccc(-c3ccc(OC)cc3)cc21. The molecule has 4 nitrogen and oxygen atoms in total. The molecular weight excluding hydrogens is 290 g/mol. The number of nitrogens with zero attached hydrogens (tertiary/aromatic N) is 1. The Balaban J connectivity index is 2.05. The Labute approximate surface area is 135 Å². The molecule has 1 aromatic heterocycles. The van der Waals surface area contributed by atoms with E-state index in [1.165, 1.54) is 7.11 Å². The van der Waals surface area contributed by atoms with Gasteiger partial charge in [0.1, 0.15) is 12.3 Å². The molecule has 0 bridgehead atoms. The number of carbonyl (C=O) groups excluding carboxylic acids is 1. The highest BCUT2D eigenvalue weighted by atomic mass is 16.5. The summed E-state index contributed by atoms with van der Waals surface area (Å²) in [5.74, 6) is 0.584. The van der Waals surface area contributed by atoms with Gasteiger partial charge in [-0.3, -0.25) is 4.79 Å². The van der Waals surface area contributed by atoms with E-state index in [-0.39, 0.29) is 12.5 Å². The number of fused-ring (bicyclic) bond motifs is 1. The lowest BCUT2D eigenvalue weighted by atomic mass is 10.0. The molecule has 0 N–H and O–H groups in total. The maximum absolute atomic E-state index is 11.6. The molecule has 0 aliphatic carbocycles. The average molecular weight is 309 g/mol. The molecule has 1 heterocycles. The first-order chi connectivity index (χ1) is 11.1. The largest absolute Gasteiger partial charge is 0.497 e. The molecule has 0 fully saturated rings. The zero-order chi connectivity index (χ0) is 16.4. The lowest BCUT2D eigenvalue weighted by Crippen LogP contribution is -2.12. The molecule has 3 rings (SSSR count). The molecule has 0 saturated carbocycles. The molecule has 0 spiro atoms. The summed E-state index contributed by atoms with van der Waals surface area (Å²) < 4.78 is 12.0.